The zero-order valence-corrected chi connectivity index (χ0v) is 16.0. The van der Waals surface area contributed by atoms with Gasteiger partial charge in [0.2, 0.25) is 0 Å². The van der Waals surface area contributed by atoms with E-state index in [-0.39, 0.29) is 5.41 Å². The number of nitrogens with one attached hydrogen (secondary N) is 2. The summed E-state index contributed by atoms with van der Waals surface area (Å²) in [6.45, 7) is 8.48. The number of hydrogen-bond donors (Lipinski definition) is 2. The monoisotopic (exact) mass is 358 g/mol. The molecule has 0 saturated heterocycles. The van der Waals surface area contributed by atoms with Crippen molar-refractivity contribution in [1.82, 2.24) is 25.4 Å². The van der Waals surface area contributed by atoms with Crippen molar-refractivity contribution in [3.8, 4) is 6.07 Å². The Morgan fingerprint density at radius 3 is 2.67 bits per heavy atom. The Kier molecular flexibility index (Phi) is 3.96. The Morgan fingerprint density at radius 2 is 1.93 bits per heavy atom. The van der Waals surface area contributed by atoms with Gasteiger partial charge in [-0.3, -0.25) is 15.2 Å². The van der Waals surface area contributed by atoms with Crippen LogP contribution in [0.1, 0.15) is 56.1 Å². The first kappa shape index (κ1) is 17.2. The maximum Gasteiger partial charge on any atom is 0.112 e. The third-order valence-electron chi connectivity index (χ3n) is 5.08. The molecule has 1 aromatic carbocycles. The molecule has 0 bridgehead atoms. The van der Waals surface area contributed by atoms with Crippen molar-refractivity contribution in [3.63, 3.8) is 0 Å². The molecule has 0 saturated carbocycles. The van der Waals surface area contributed by atoms with E-state index >= 15 is 0 Å². The van der Waals surface area contributed by atoms with E-state index in [1.54, 1.807) is 6.20 Å². The summed E-state index contributed by atoms with van der Waals surface area (Å²) < 4.78 is 0. The van der Waals surface area contributed by atoms with E-state index < -0.39 is 0 Å². The minimum Gasteiger partial charge on any atom is -0.278 e. The van der Waals surface area contributed by atoms with Crippen LogP contribution in [0.3, 0.4) is 0 Å². The smallest absolute Gasteiger partial charge is 0.112 e. The summed E-state index contributed by atoms with van der Waals surface area (Å²) in [6.07, 6.45) is 2.46. The molecule has 6 heteroatoms. The predicted octanol–water partition coefficient (Wildman–Crippen LogP) is 4.35. The van der Waals surface area contributed by atoms with Gasteiger partial charge in [-0.05, 0) is 42.2 Å². The van der Waals surface area contributed by atoms with Gasteiger partial charge in [0.05, 0.1) is 34.1 Å². The Morgan fingerprint density at radius 1 is 1.15 bits per heavy atom. The number of aromatic amines is 2. The van der Waals surface area contributed by atoms with Crippen molar-refractivity contribution in [1.29, 1.82) is 5.26 Å². The fourth-order valence-corrected chi connectivity index (χ4v) is 3.71. The molecule has 6 nitrogen and oxygen atoms in total. The molecule has 0 atom stereocenters. The SMILES string of the molecule is CC(C)c1n[nH]c2cc(CC(C)(C)c3n[nH]c4cccnc34)c(C#N)cc12. The summed E-state index contributed by atoms with van der Waals surface area (Å²) in [4.78, 5) is 4.49. The van der Waals surface area contributed by atoms with Crippen LogP contribution in [0.15, 0.2) is 30.5 Å². The molecule has 136 valence electrons. The van der Waals surface area contributed by atoms with Gasteiger partial charge in [-0.25, -0.2) is 0 Å². The number of hydrogen-bond acceptors (Lipinski definition) is 4. The van der Waals surface area contributed by atoms with Gasteiger partial charge in [0.25, 0.3) is 0 Å². The molecule has 0 aliphatic carbocycles. The molecule has 0 radical (unpaired) electrons. The number of pyridine rings is 1. The lowest BCUT2D eigenvalue weighted by molar-refractivity contribution is 0.507. The van der Waals surface area contributed by atoms with Crippen molar-refractivity contribution in [2.24, 2.45) is 0 Å². The molecule has 4 rings (SSSR count). The highest BCUT2D eigenvalue weighted by Crippen LogP contribution is 2.33. The van der Waals surface area contributed by atoms with Gasteiger partial charge in [0.1, 0.15) is 5.52 Å². The first-order valence-electron chi connectivity index (χ1n) is 9.11. The van der Waals surface area contributed by atoms with Gasteiger partial charge in [0.15, 0.2) is 0 Å². The van der Waals surface area contributed by atoms with Crippen LogP contribution in [-0.4, -0.2) is 25.4 Å². The number of H-pyrrole nitrogens is 2. The normalized spacial score (nSPS) is 12.1. The Bertz CT molecular complexity index is 1170. The van der Waals surface area contributed by atoms with Crippen LogP contribution >= 0.6 is 0 Å². The van der Waals surface area contributed by atoms with Gasteiger partial charge in [-0.15, -0.1) is 0 Å². The molecule has 0 aliphatic rings. The van der Waals surface area contributed by atoms with E-state index in [1.165, 1.54) is 0 Å². The van der Waals surface area contributed by atoms with Crippen molar-refractivity contribution < 1.29 is 0 Å². The molecule has 0 amide bonds. The van der Waals surface area contributed by atoms with Crippen molar-refractivity contribution in [3.05, 3.63) is 53.0 Å². The highest BCUT2D eigenvalue weighted by molar-refractivity contribution is 5.84. The first-order valence-corrected chi connectivity index (χ1v) is 9.11. The molecular formula is C21H22N6. The van der Waals surface area contributed by atoms with Crippen LogP contribution in [0.5, 0.6) is 0 Å². The molecule has 4 aromatic rings. The van der Waals surface area contributed by atoms with E-state index in [0.29, 0.717) is 17.9 Å². The number of nitriles is 1. The van der Waals surface area contributed by atoms with Gasteiger partial charge in [-0.2, -0.15) is 15.5 Å². The standard InChI is InChI=1S/C21H22N6/c1-12(2)18-15-8-14(11-22)13(9-17(15)25-26-18)10-21(3,4)20-19-16(24-27-20)6-5-7-23-19/h5-9,12H,10H2,1-4H3,(H,24,27)(H,25,26). The summed E-state index contributed by atoms with van der Waals surface area (Å²) in [5.74, 6) is 0.300. The van der Waals surface area contributed by atoms with Crippen LogP contribution in [-0.2, 0) is 11.8 Å². The molecule has 0 unspecified atom stereocenters. The average Bonchev–Trinajstić information content (AvgIpc) is 3.24. The van der Waals surface area contributed by atoms with Crippen molar-refractivity contribution in [2.45, 2.75) is 45.4 Å². The molecule has 0 spiro atoms. The van der Waals surface area contributed by atoms with Crippen LogP contribution in [0.25, 0.3) is 21.9 Å². The highest BCUT2D eigenvalue weighted by Gasteiger charge is 2.28. The van der Waals surface area contributed by atoms with E-state index in [9.17, 15) is 5.26 Å². The average molecular weight is 358 g/mol. The lowest BCUT2D eigenvalue weighted by Gasteiger charge is -2.23. The second-order valence-corrected chi connectivity index (χ2v) is 7.96. The molecule has 3 heterocycles. The van der Waals surface area contributed by atoms with E-state index in [0.717, 1.165) is 38.9 Å². The maximum atomic E-state index is 9.73. The summed E-state index contributed by atoms with van der Waals surface area (Å²) in [6, 6.07) is 10.2. The van der Waals surface area contributed by atoms with Crippen LogP contribution in [0, 0.1) is 11.3 Å². The number of rotatable bonds is 4. The number of benzene rings is 1. The van der Waals surface area contributed by atoms with Gasteiger partial charge in [0, 0.05) is 17.0 Å². The van der Waals surface area contributed by atoms with Crippen molar-refractivity contribution in [2.75, 3.05) is 0 Å². The minimum absolute atomic E-state index is 0.285. The molecule has 2 N–H and O–H groups in total. The van der Waals surface area contributed by atoms with Crippen LogP contribution in [0.4, 0.5) is 0 Å². The Hall–Kier alpha value is -3.20. The topological polar surface area (TPSA) is 94.0 Å². The number of aromatic nitrogens is 5. The maximum absolute atomic E-state index is 9.73. The lowest BCUT2D eigenvalue weighted by atomic mass is 9.80. The third-order valence-corrected chi connectivity index (χ3v) is 5.08. The molecule has 27 heavy (non-hydrogen) atoms. The fourth-order valence-electron chi connectivity index (χ4n) is 3.71. The summed E-state index contributed by atoms with van der Waals surface area (Å²) in [5, 5.41) is 25.9. The summed E-state index contributed by atoms with van der Waals surface area (Å²) in [7, 11) is 0. The molecule has 0 aliphatic heterocycles. The predicted molar refractivity (Wildman–Crippen MR) is 106 cm³/mol. The second kappa shape index (κ2) is 6.20. The minimum atomic E-state index is -0.285. The van der Waals surface area contributed by atoms with Crippen LogP contribution in [0.2, 0.25) is 0 Å². The first-order chi connectivity index (χ1) is 12.9. The zero-order chi connectivity index (χ0) is 19.2. The van der Waals surface area contributed by atoms with E-state index in [2.05, 4.69) is 65.2 Å². The van der Waals surface area contributed by atoms with Crippen molar-refractivity contribution >= 4 is 21.9 Å². The van der Waals surface area contributed by atoms with Gasteiger partial charge < -0.3 is 0 Å². The zero-order valence-electron chi connectivity index (χ0n) is 16.0. The van der Waals surface area contributed by atoms with E-state index in [4.69, 9.17) is 0 Å². The number of fused-ring (bicyclic) bond motifs is 2. The Balaban J connectivity index is 1.79. The Labute approximate surface area is 157 Å². The quantitative estimate of drug-likeness (QED) is 0.567. The molecule has 0 fully saturated rings. The second-order valence-electron chi connectivity index (χ2n) is 7.96. The molecule has 3 aromatic heterocycles. The third kappa shape index (κ3) is 2.85. The highest BCUT2D eigenvalue weighted by atomic mass is 15.1. The largest absolute Gasteiger partial charge is 0.278 e. The van der Waals surface area contributed by atoms with Gasteiger partial charge >= 0.3 is 0 Å². The number of nitrogens with zero attached hydrogens (tertiary/aromatic N) is 4. The fraction of sp³-hybridized carbons (Fsp3) is 0.333. The van der Waals surface area contributed by atoms with E-state index in [1.807, 2.05) is 18.2 Å². The van der Waals surface area contributed by atoms with Gasteiger partial charge in [-0.1, -0.05) is 27.7 Å². The molecular weight excluding hydrogens is 336 g/mol. The lowest BCUT2D eigenvalue weighted by Crippen LogP contribution is -2.22. The summed E-state index contributed by atoms with van der Waals surface area (Å²) >= 11 is 0. The summed E-state index contributed by atoms with van der Waals surface area (Å²) in [5.41, 5.74) is 6.07. The van der Waals surface area contributed by atoms with Crippen LogP contribution < -0.4 is 0 Å².